The molecule has 1 saturated heterocycles. The van der Waals surface area contributed by atoms with E-state index in [-0.39, 0.29) is 63.2 Å². The molecule has 4 atom stereocenters. The molecule has 3 aromatic rings. The van der Waals surface area contributed by atoms with Crippen LogP contribution in [0.5, 0.6) is 17.2 Å². The van der Waals surface area contributed by atoms with Crippen molar-refractivity contribution in [3.63, 3.8) is 0 Å². The van der Waals surface area contributed by atoms with E-state index in [1.807, 2.05) is 19.9 Å². The summed E-state index contributed by atoms with van der Waals surface area (Å²) >= 11 is 0. The molecule has 1 aromatic heterocycles. The van der Waals surface area contributed by atoms with Gasteiger partial charge >= 0.3 is 41.3 Å². The van der Waals surface area contributed by atoms with Crippen molar-refractivity contribution in [2.75, 3.05) is 12.4 Å². The van der Waals surface area contributed by atoms with E-state index in [0.29, 0.717) is 12.0 Å². The first-order valence-electron chi connectivity index (χ1n) is 13.7. The van der Waals surface area contributed by atoms with Crippen molar-refractivity contribution in [3.8, 4) is 17.2 Å². The Bertz CT molecular complexity index is 1680. The standard InChI is InChI=1S/C31H36N2O11.Na/c1-14(2)7-8-16-13-17(9-11-19(16)34)27(37)33-21-22(35)18-10-12-20(15(3)24(18)42-28(21)38)41-29-23(36)25(43-30(32)39)26(40-6)31(4,5)44-29;/h7,9-13,23,25-26,29,34-36H,8H2,1-6H3,(H2,32,39)(H,33,37);/q;+1/t23-,25+,26-,29+;/m1./s1. The van der Waals surface area contributed by atoms with Crippen LogP contribution in [-0.2, 0) is 20.6 Å². The Morgan fingerprint density at radius 2 is 1.84 bits per heavy atom. The maximum atomic E-state index is 13.0. The molecule has 4 rings (SSSR count). The summed E-state index contributed by atoms with van der Waals surface area (Å²) in [5, 5.41) is 34.6. The van der Waals surface area contributed by atoms with Gasteiger partial charge in [-0.25, -0.2) is 9.59 Å². The minimum absolute atomic E-state index is 0. The van der Waals surface area contributed by atoms with E-state index in [0.717, 1.165) is 5.57 Å². The number of hydrogen-bond donors (Lipinski definition) is 5. The summed E-state index contributed by atoms with van der Waals surface area (Å²) in [5.74, 6) is -1.09. The van der Waals surface area contributed by atoms with E-state index >= 15 is 0 Å². The SMILES string of the molecule is CO[C@@H]1[C@@H](OC(N)=O)[C@@H](O)[C@@H](Oc2ccc3c(O)c(NC(=O)c4ccc(O)c(CC=C(C)C)c4)c(=O)oc3c2C)OC1(C)C.[Na+]. The molecule has 0 unspecified atom stereocenters. The second-order valence-electron chi connectivity index (χ2n) is 11.2. The zero-order valence-corrected chi connectivity index (χ0v) is 28.2. The van der Waals surface area contributed by atoms with E-state index in [9.17, 15) is 29.7 Å². The second-order valence-corrected chi connectivity index (χ2v) is 11.2. The molecule has 2 heterocycles. The average Bonchev–Trinajstić information content (AvgIpc) is 2.94. The van der Waals surface area contributed by atoms with Crippen LogP contribution in [0.15, 0.2) is 51.2 Å². The minimum atomic E-state index is -1.52. The van der Waals surface area contributed by atoms with Gasteiger partial charge in [0.15, 0.2) is 23.6 Å². The molecule has 0 saturated carbocycles. The van der Waals surface area contributed by atoms with Crippen molar-refractivity contribution >= 4 is 28.7 Å². The normalized spacial score (nSPS) is 20.5. The summed E-state index contributed by atoms with van der Waals surface area (Å²) in [6.07, 6.45) is -3.81. The van der Waals surface area contributed by atoms with E-state index in [1.165, 1.54) is 37.4 Å². The Balaban J connectivity index is 0.00000552. The van der Waals surface area contributed by atoms with Crippen LogP contribution in [0.3, 0.4) is 0 Å². The van der Waals surface area contributed by atoms with E-state index < -0.39 is 59.3 Å². The maximum absolute atomic E-state index is 13.0. The summed E-state index contributed by atoms with van der Waals surface area (Å²) in [6.45, 7) is 8.69. The molecule has 14 heteroatoms. The first kappa shape index (κ1) is 35.9. The number of primary amides is 1. The molecule has 0 aliphatic carbocycles. The van der Waals surface area contributed by atoms with Gasteiger partial charge in [-0.1, -0.05) is 11.6 Å². The van der Waals surface area contributed by atoms with E-state index in [1.54, 1.807) is 20.8 Å². The molecule has 1 aliphatic heterocycles. The van der Waals surface area contributed by atoms with E-state index in [2.05, 4.69) is 5.32 Å². The number of nitrogens with two attached hydrogens (primary N) is 1. The Morgan fingerprint density at radius 1 is 1.16 bits per heavy atom. The Labute approximate surface area is 281 Å². The largest absolute Gasteiger partial charge is 1.00 e. The molecule has 2 amide bonds. The van der Waals surface area contributed by atoms with E-state index in [4.69, 9.17) is 29.1 Å². The number of anilines is 1. The summed E-state index contributed by atoms with van der Waals surface area (Å²) in [6, 6.07) is 7.12. The number of phenols is 1. The number of aryl methyl sites for hydroxylation is 1. The zero-order valence-electron chi connectivity index (χ0n) is 26.2. The molecule has 0 spiro atoms. The van der Waals surface area contributed by atoms with Crippen LogP contribution < -0.4 is 51.0 Å². The van der Waals surface area contributed by atoms with Crippen molar-refractivity contribution in [2.24, 2.45) is 5.73 Å². The molecule has 13 nitrogen and oxygen atoms in total. The minimum Gasteiger partial charge on any atom is -0.508 e. The third-order valence-corrected chi connectivity index (χ3v) is 7.33. The van der Waals surface area contributed by atoms with Gasteiger partial charge in [0.05, 0.1) is 11.0 Å². The van der Waals surface area contributed by atoms with Crippen molar-refractivity contribution < 1.29 is 77.8 Å². The summed E-state index contributed by atoms with van der Waals surface area (Å²) in [5.41, 5.74) is 4.54. The Hall–Kier alpha value is -3.59. The van der Waals surface area contributed by atoms with Gasteiger partial charge in [0.2, 0.25) is 6.29 Å². The van der Waals surface area contributed by atoms with Crippen molar-refractivity contribution in [1.29, 1.82) is 0 Å². The number of fused-ring (bicyclic) bond motifs is 1. The fraction of sp³-hybridized carbons (Fsp3) is 0.387. The molecule has 45 heavy (non-hydrogen) atoms. The average molecular weight is 636 g/mol. The van der Waals surface area contributed by atoms with Crippen LogP contribution in [0.4, 0.5) is 10.5 Å². The Morgan fingerprint density at radius 3 is 2.47 bits per heavy atom. The van der Waals surface area contributed by atoms with Gasteiger partial charge in [-0.15, -0.1) is 0 Å². The quantitative estimate of drug-likeness (QED) is 0.132. The molecule has 236 valence electrons. The van der Waals surface area contributed by atoms with Gasteiger partial charge in [-0.3, -0.25) is 4.79 Å². The number of carbonyl (C=O) groups excluding carboxylic acids is 2. The number of hydrogen-bond acceptors (Lipinski definition) is 11. The van der Waals surface area contributed by atoms with Crippen LogP contribution in [0, 0.1) is 6.92 Å². The van der Waals surface area contributed by atoms with Crippen LogP contribution in [0.1, 0.15) is 49.2 Å². The van der Waals surface area contributed by atoms with Crippen LogP contribution in [-0.4, -0.2) is 64.6 Å². The molecule has 0 bridgehead atoms. The first-order valence-corrected chi connectivity index (χ1v) is 13.7. The number of methoxy groups -OCH3 is 1. The summed E-state index contributed by atoms with van der Waals surface area (Å²) in [4.78, 5) is 37.5. The molecule has 0 radical (unpaired) electrons. The van der Waals surface area contributed by atoms with Gasteiger partial charge in [0, 0.05) is 18.2 Å². The molecule has 1 fully saturated rings. The topological polar surface area (TPSA) is 200 Å². The summed E-state index contributed by atoms with van der Waals surface area (Å²) < 4.78 is 27.9. The first-order chi connectivity index (χ1) is 20.6. The number of aromatic hydroxyl groups is 2. The second kappa shape index (κ2) is 14.2. The predicted molar refractivity (Wildman–Crippen MR) is 159 cm³/mol. The van der Waals surface area contributed by atoms with Crippen molar-refractivity contribution in [3.05, 3.63) is 69.1 Å². The zero-order chi connectivity index (χ0) is 32.5. The van der Waals surface area contributed by atoms with Crippen molar-refractivity contribution in [1.82, 2.24) is 0 Å². The van der Waals surface area contributed by atoms with Gasteiger partial charge in [-0.05, 0) is 76.9 Å². The fourth-order valence-electron chi connectivity index (χ4n) is 5.06. The molecule has 2 aromatic carbocycles. The fourth-order valence-corrected chi connectivity index (χ4v) is 5.06. The van der Waals surface area contributed by atoms with Crippen molar-refractivity contribution in [2.45, 2.75) is 71.2 Å². The number of carbonyl (C=O) groups is 2. The molecular formula is C31H36N2NaO11+. The predicted octanol–water partition coefficient (Wildman–Crippen LogP) is 0.631. The monoisotopic (exact) mass is 635 g/mol. The molecule has 6 N–H and O–H groups in total. The van der Waals surface area contributed by atoms with Gasteiger partial charge < -0.3 is 49.7 Å². The number of aliphatic hydroxyl groups is 1. The number of aliphatic hydroxyl groups excluding tert-OH is 1. The number of ether oxygens (including phenoxy) is 4. The molecular weight excluding hydrogens is 599 g/mol. The third kappa shape index (κ3) is 7.63. The van der Waals surface area contributed by atoms with Gasteiger partial charge in [0.25, 0.3) is 5.91 Å². The molecule has 1 aliphatic rings. The number of benzene rings is 2. The van der Waals surface area contributed by atoms with Crippen LogP contribution in [0.25, 0.3) is 11.0 Å². The Kier molecular flexibility index (Phi) is 11.3. The van der Waals surface area contributed by atoms with Crippen LogP contribution in [0.2, 0.25) is 0 Å². The third-order valence-electron chi connectivity index (χ3n) is 7.33. The number of nitrogens with one attached hydrogen (secondary N) is 1. The maximum Gasteiger partial charge on any atom is 1.00 e. The summed E-state index contributed by atoms with van der Waals surface area (Å²) in [7, 11) is 1.37. The number of amides is 2. The number of allylic oxidation sites excluding steroid dienone is 2. The van der Waals surface area contributed by atoms with Crippen LogP contribution >= 0.6 is 0 Å². The van der Waals surface area contributed by atoms with Gasteiger partial charge in [-0.2, -0.15) is 0 Å². The smallest absolute Gasteiger partial charge is 0.508 e. The number of phenolic OH excluding ortho intramolecular Hbond substituents is 1. The number of rotatable bonds is 8. The van der Waals surface area contributed by atoms with Gasteiger partial charge in [0.1, 0.15) is 23.2 Å².